The molecule has 0 aliphatic heterocycles. The van der Waals surface area contributed by atoms with Crippen molar-refractivity contribution in [1.29, 1.82) is 0 Å². The minimum absolute atomic E-state index is 0.184. The molecule has 0 fully saturated rings. The molecule has 66 heavy (non-hydrogen) atoms. The highest BCUT2D eigenvalue weighted by molar-refractivity contribution is 7.17. The summed E-state index contributed by atoms with van der Waals surface area (Å²) in [6.45, 7) is 13.8. The van der Waals surface area contributed by atoms with E-state index in [9.17, 15) is 0 Å². The van der Waals surface area contributed by atoms with E-state index in [0.29, 0.717) is 0 Å². The number of nitrogens with zero attached hydrogens (tertiary/aromatic N) is 1. The highest BCUT2D eigenvalue weighted by Crippen LogP contribution is 2.65. The van der Waals surface area contributed by atoms with Crippen molar-refractivity contribution in [2.45, 2.75) is 24.7 Å². The van der Waals surface area contributed by atoms with Crippen molar-refractivity contribution in [2.24, 2.45) is 0 Å². The van der Waals surface area contributed by atoms with Crippen LogP contribution in [-0.4, -0.2) is 0 Å². The second-order valence-electron chi connectivity index (χ2n) is 18.4. The lowest BCUT2D eigenvalue weighted by molar-refractivity contribution is 0.660. The fraction of sp³-hybridized carbons (Fsp3) is 0.0625. The molecular weight excluding hydrogens is 815 g/mol. The van der Waals surface area contributed by atoms with Gasteiger partial charge in [-0.25, -0.2) is 0 Å². The predicted octanol–water partition coefficient (Wildman–Crippen LogP) is 15.5. The van der Waals surface area contributed by atoms with E-state index in [0.717, 1.165) is 49.1 Å². The van der Waals surface area contributed by atoms with Crippen LogP contribution < -0.4 is 14.7 Å². The maximum absolute atomic E-state index is 4.61. The van der Waals surface area contributed by atoms with Crippen molar-refractivity contribution in [1.82, 2.24) is 0 Å². The highest BCUT2D eigenvalue weighted by Gasteiger charge is 2.52. The first-order chi connectivity index (χ1) is 32.4. The summed E-state index contributed by atoms with van der Waals surface area (Å²) >= 11 is 1.79. The first-order valence-electron chi connectivity index (χ1n) is 22.9. The number of fused-ring (bicyclic) bond motifs is 14. The van der Waals surface area contributed by atoms with Gasteiger partial charge in [0.05, 0.1) is 16.8 Å². The fourth-order valence-corrected chi connectivity index (χ4v) is 13.2. The van der Waals surface area contributed by atoms with Crippen LogP contribution in [0.2, 0.25) is 0 Å². The van der Waals surface area contributed by atoms with Crippen molar-refractivity contribution in [2.75, 3.05) is 4.90 Å². The zero-order chi connectivity index (χ0) is 44.3. The maximum atomic E-state index is 4.61. The number of hydrogen-bond donors (Lipinski definition) is 0. The Balaban J connectivity index is 1.12. The van der Waals surface area contributed by atoms with Gasteiger partial charge in [-0.2, -0.15) is 0 Å². The quantitative estimate of drug-likeness (QED) is 0.161. The summed E-state index contributed by atoms with van der Waals surface area (Å²) in [6, 6.07) is 77.0. The summed E-state index contributed by atoms with van der Waals surface area (Å²) in [5.74, 6) is 0. The molecule has 0 N–H and O–H groups in total. The van der Waals surface area contributed by atoms with Crippen LogP contribution in [0.5, 0.6) is 0 Å². The Kier molecular flexibility index (Phi) is 8.41. The average Bonchev–Trinajstić information content (AvgIpc) is 4.04. The molecule has 1 spiro atoms. The molecule has 0 saturated carbocycles. The monoisotopic (exact) mass is 859 g/mol. The zero-order valence-electron chi connectivity index (χ0n) is 37.0. The second-order valence-corrected chi connectivity index (χ2v) is 19.5. The summed E-state index contributed by atoms with van der Waals surface area (Å²) in [5, 5.41) is 2.23. The van der Waals surface area contributed by atoms with Gasteiger partial charge in [0, 0.05) is 31.5 Å². The molecule has 3 aliphatic carbocycles. The lowest BCUT2D eigenvalue weighted by atomic mass is 9.70. The van der Waals surface area contributed by atoms with E-state index in [2.05, 4.69) is 238 Å². The van der Waals surface area contributed by atoms with E-state index in [1.54, 1.807) is 11.3 Å². The van der Waals surface area contributed by atoms with Crippen LogP contribution in [0.25, 0.3) is 66.7 Å². The SMILES string of the molecule is C=C/C(c1ccc(N(c2ccc3c(c2)C(C)(C)c2ccccc2-3)c2cccc3c2-c2ccccc2C32c3ccccc3-c3ccccc32)c(-c2ccccc2)c1)=c1/sc2ccccc2c1=C. The molecule has 0 saturated heterocycles. The molecule has 1 heterocycles. The third-order valence-electron chi connectivity index (χ3n) is 14.8. The molecular formula is C64H45NS. The molecule has 2 heteroatoms. The molecule has 0 unspecified atom stereocenters. The van der Waals surface area contributed by atoms with E-state index >= 15 is 0 Å². The van der Waals surface area contributed by atoms with Gasteiger partial charge in [-0.1, -0.05) is 203 Å². The number of rotatable bonds is 6. The third kappa shape index (κ3) is 5.22. The molecule has 0 amide bonds. The Hall–Kier alpha value is -7.78. The molecule has 1 aromatic heterocycles. The van der Waals surface area contributed by atoms with Crippen molar-refractivity contribution in [3.63, 3.8) is 0 Å². The Morgan fingerprint density at radius 1 is 0.485 bits per heavy atom. The van der Waals surface area contributed by atoms with E-state index < -0.39 is 5.41 Å². The summed E-state index contributed by atoms with van der Waals surface area (Å²) in [5.41, 5.74) is 23.0. The van der Waals surface area contributed by atoms with E-state index in [1.807, 2.05) is 6.08 Å². The third-order valence-corrected chi connectivity index (χ3v) is 16.1. The largest absolute Gasteiger partial charge is 0.309 e. The van der Waals surface area contributed by atoms with E-state index in [-0.39, 0.29) is 5.41 Å². The topological polar surface area (TPSA) is 3.24 Å². The molecule has 1 nitrogen and oxygen atoms in total. The lowest BCUT2D eigenvalue weighted by Gasteiger charge is -2.33. The van der Waals surface area contributed by atoms with Crippen LogP contribution >= 0.6 is 11.3 Å². The molecule has 10 aromatic rings. The molecule has 312 valence electrons. The van der Waals surface area contributed by atoms with Crippen molar-refractivity contribution < 1.29 is 0 Å². The zero-order valence-corrected chi connectivity index (χ0v) is 37.8. The summed E-state index contributed by atoms with van der Waals surface area (Å²) in [7, 11) is 0. The van der Waals surface area contributed by atoms with Gasteiger partial charge in [-0.05, 0) is 125 Å². The van der Waals surface area contributed by atoms with E-state index in [1.165, 1.54) is 76.8 Å². The van der Waals surface area contributed by atoms with E-state index in [4.69, 9.17) is 0 Å². The minimum Gasteiger partial charge on any atom is -0.309 e. The Bertz CT molecular complexity index is 3750. The van der Waals surface area contributed by atoms with Crippen LogP contribution in [-0.2, 0) is 10.8 Å². The number of benzene rings is 9. The smallest absolute Gasteiger partial charge is 0.0726 e. The second kappa shape index (κ2) is 14.4. The normalized spacial score (nSPS) is 14.5. The molecule has 13 rings (SSSR count). The standard InChI is InChI=1S/C64H45NS/c1-5-44(62-40(2)45-22-13-18-33-60(45)66-62)42-34-37-58(51(38-42)41-20-7-6-8-21-41)65(43-35-36-49-46-23-9-14-27-52(46)63(3,4)57(49)39-43)59-32-19-31-56-61(59)50-26-12-17-30-55(50)64(56)53-28-15-10-24-47(53)48-25-11-16-29-54(48)64/h5-39H,1-2H2,3-4H3/b62-44-. The first-order valence-corrected chi connectivity index (χ1v) is 23.7. The highest BCUT2D eigenvalue weighted by atomic mass is 32.1. The maximum Gasteiger partial charge on any atom is 0.0726 e. The molecule has 9 aromatic carbocycles. The number of thiophene rings is 1. The van der Waals surface area contributed by atoms with Gasteiger partial charge in [0.15, 0.2) is 0 Å². The van der Waals surface area contributed by atoms with Crippen LogP contribution in [0, 0.1) is 0 Å². The van der Waals surface area contributed by atoms with Crippen molar-refractivity contribution in [3.05, 3.63) is 268 Å². The van der Waals surface area contributed by atoms with Crippen LogP contribution in [0.4, 0.5) is 17.1 Å². The number of anilines is 3. The Labute approximate surface area is 390 Å². The van der Waals surface area contributed by atoms with Crippen LogP contribution in [0.1, 0.15) is 52.8 Å². The van der Waals surface area contributed by atoms with Crippen LogP contribution in [0.15, 0.2) is 219 Å². The van der Waals surface area contributed by atoms with Gasteiger partial charge in [-0.15, -0.1) is 11.3 Å². The van der Waals surface area contributed by atoms with Gasteiger partial charge >= 0.3 is 0 Å². The molecule has 0 radical (unpaired) electrons. The van der Waals surface area contributed by atoms with Crippen LogP contribution in [0.3, 0.4) is 0 Å². The Morgan fingerprint density at radius 2 is 1.06 bits per heavy atom. The lowest BCUT2D eigenvalue weighted by Crippen LogP contribution is -2.26. The van der Waals surface area contributed by atoms with Gasteiger partial charge in [-0.3, -0.25) is 0 Å². The van der Waals surface area contributed by atoms with Gasteiger partial charge < -0.3 is 4.90 Å². The number of allylic oxidation sites excluding steroid dienone is 1. The fourth-order valence-electron chi connectivity index (χ4n) is 12.0. The first kappa shape index (κ1) is 38.7. The number of hydrogen-bond acceptors (Lipinski definition) is 2. The van der Waals surface area contributed by atoms with Crippen molar-refractivity contribution in [3.8, 4) is 44.5 Å². The van der Waals surface area contributed by atoms with Gasteiger partial charge in [0.2, 0.25) is 0 Å². The molecule has 0 bridgehead atoms. The minimum atomic E-state index is -0.474. The molecule has 0 atom stereocenters. The summed E-state index contributed by atoms with van der Waals surface area (Å²) in [4.78, 5) is 2.56. The predicted molar refractivity (Wildman–Crippen MR) is 280 cm³/mol. The van der Waals surface area contributed by atoms with Crippen molar-refractivity contribution >= 4 is 50.6 Å². The molecule has 3 aliphatic rings. The summed E-state index contributed by atoms with van der Waals surface area (Å²) < 4.78 is 2.38. The summed E-state index contributed by atoms with van der Waals surface area (Å²) in [6.07, 6.45) is 2.01. The van der Waals surface area contributed by atoms with Gasteiger partial charge in [0.25, 0.3) is 0 Å². The Morgan fingerprint density at radius 3 is 1.76 bits per heavy atom. The van der Waals surface area contributed by atoms with Gasteiger partial charge in [0.1, 0.15) is 0 Å². The average molecular weight is 860 g/mol.